The predicted molar refractivity (Wildman–Crippen MR) is 156 cm³/mol. The van der Waals surface area contributed by atoms with Crippen LogP contribution in [0.2, 0.25) is 0 Å². The molecule has 3 aliphatic rings. The average Bonchev–Trinajstić information content (AvgIpc) is 3.44. The molecule has 0 N–H and O–H groups in total. The summed E-state index contributed by atoms with van der Waals surface area (Å²) in [7, 11) is 1.73. The molecule has 176 valence electrons. The van der Waals surface area contributed by atoms with Crippen molar-refractivity contribution in [3.8, 4) is 22.6 Å². The standard InChI is InChI=1S/C35H21O2.In/c1-36-22-16-17-23-26(19-22)34-25(10-6-18-37-34)33-32(23)24-9-2-3-11-27(24)35(33)28-12-4-7-20-14-15-21-8-5-13-29(35)31(21)30(20)28;/h2,4-17,19H,18H2,1H3;. The van der Waals surface area contributed by atoms with E-state index in [0.29, 0.717) is 6.61 Å². The molecule has 6 aromatic rings. The summed E-state index contributed by atoms with van der Waals surface area (Å²) in [5.74, 6) is 1.82. The maximum atomic E-state index is 6.47. The molecule has 1 heterocycles. The van der Waals surface area contributed by atoms with Gasteiger partial charge in [0.1, 0.15) is 0 Å². The van der Waals surface area contributed by atoms with Gasteiger partial charge in [-0.1, -0.05) is 0 Å². The molecule has 0 amide bonds. The quantitative estimate of drug-likeness (QED) is 0.192. The van der Waals surface area contributed by atoms with Crippen molar-refractivity contribution < 1.29 is 9.47 Å². The first-order valence-corrected chi connectivity index (χ1v) is 14.7. The van der Waals surface area contributed by atoms with E-state index in [1.54, 1.807) is 7.11 Å². The van der Waals surface area contributed by atoms with Gasteiger partial charge < -0.3 is 0 Å². The minimum absolute atomic E-state index is 0.393. The normalized spacial score (nSPS) is 15.3. The minimum atomic E-state index is -0.393. The van der Waals surface area contributed by atoms with Crippen LogP contribution in [0.3, 0.4) is 0 Å². The third kappa shape index (κ3) is 2.34. The average molecular weight is 588 g/mol. The van der Waals surface area contributed by atoms with Gasteiger partial charge in [-0.3, -0.25) is 0 Å². The first kappa shape index (κ1) is 21.3. The van der Waals surface area contributed by atoms with Gasteiger partial charge >= 0.3 is 236 Å². The molecule has 38 heavy (non-hydrogen) atoms. The number of hydrogen-bond acceptors (Lipinski definition) is 2. The summed E-state index contributed by atoms with van der Waals surface area (Å²) in [5.41, 5.74) is 9.00. The van der Waals surface area contributed by atoms with Crippen LogP contribution in [0.4, 0.5) is 0 Å². The molecule has 0 saturated carbocycles. The zero-order chi connectivity index (χ0) is 25.2. The van der Waals surface area contributed by atoms with Crippen molar-refractivity contribution in [3.05, 3.63) is 119 Å². The van der Waals surface area contributed by atoms with E-state index in [9.17, 15) is 0 Å². The Kier molecular flexibility index (Phi) is 4.05. The summed E-state index contributed by atoms with van der Waals surface area (Å²) < 4.78 is 13.5. The van der Waals surface area contributed by atoms with Gasteiger partial charge in [0.05, 0.1) is 0 Å². The molecule has 1 spiro atoms. The Hall–Kier alpha value is -3.69. The molecule has 2 nitrogen and oxygen atoms in total. The Labute approximate surface area is 235 Å². The molecule has 2 radical (unpaired) electrons. The van der Waals surface area contributed by atoms with Crippen molar-refractivity contribution >= 4 is 66.1 Å². The van der Waals surface area contributed by atoms with E-state index < -0.39 is 5.41 Å². The first-order chi connectivity index (χ1) is 18.7. The fourth-order valence-corrected chi connectivity index (χ4v) is 8.33. The van der Waals surface area contributed by atoms with E-state index in [-0.39, 0.29) is 0 Å². The van der Waals surface area contributed by atoms with E-state index in [0.717, 1.165) is 41.3 Å². The maximum absolute atomic E-state index is 6.47. The fraction of sp³-hybridized carbons (Fsp3) is 0.0857. The number of hydrogen-bond donors (Lipinski definition) is 0. The number of methoxy groups -OCH3 is 1. The Morgan fingerprint density at radius 3 is 2.29 bits per heavy atom. The number of rotatable bonds is 1. The molecular weight excluding hydrogens is 567 g/mol. The molecule has 0 saturated heterocycles. The van der Waals surface area contributed by atoms with Crippen LogP contribution in [0.15, 0.2) is 91.0 Å². The van der Waals surface area contributed by atoms with Crippen molar-refractivity contribution in [3.63, 3.8) is 0 Å². The topological polar surface area (TPSA) is 18.5 Å². The molecule has 0 bridgehead atoms. The van der Waals surface area contributed by atoms with E-state index >= 15 is 0 Å². The molecule has 0 fully saturated rings. The van der Waals surface area contributed by atoms with Gasteiger partial charge in [0, 0.05) is 0 Å². The van der Waals surface area contributed by atoms with E-state index in [1.165, 1.54) is 69.2 Å². The second-order valence-corrected chi connectivity index (χ2v) is 12.4. The van der Waals surface area contributed by atoms with E-state index in [4.69, 9.17) is 9.47 Å². The SMILES string of the molecule is COc1ccc2c3c(c4c(c2c1)OCC=C4)C1(c2c[c]([In])ccc2-3)c2cccc3ccc4cccc1c4c23. The molecule has 0 unspecified atom stereocenters. The molecule has 9 rings (SSSR count). The Bertz CT molecular complexity index is 2020. The Morgan fingerprint density at radius 2 is 1.55 bits per heavy atom. The second-order valence-electron chi connectivity index (χ2n) is 10.5. The van der Waals surface area contributed by atoms with Crippen LogP contribution in [0.1, 0.15) is 27.8 Å². The Morgan fingerprint density at radius 1 is 0.789 bits per heavy atom. The predicted octanol–water partition coefficient (Wildman–Crippen LogP) is 7.03. The van der Waals surface area contributed by atoms with Gasteiger partial charge in [0.15, 0.2) is 0 Å². The van der Waals surface area contributed by atoms with Crippen LogP contribution >= 0.6 is 0 Å². The third-order valence-electron chi connectivity index (χ3n) is 8.90. The van der Waals surface area contributed by atoms with Crippen LogP contribution in [0.5, 0.6) is 11.5 Å². The second kappa shape index (κ2) is 7.24. The monoisotopic (exact) mass is 588 g/mol. The van der Waals surface area contributed by atoms with Crippen molar-refractivity contribution in [2.45, 2.75) is 5.41 Å². The molecule has 3 heteroatoms. The third-order valence-corrected chi connectivity index (χ3v) is 9.92. The summed E-state index contributed by atoms with van der Waals surface area (Å²) in [6.07, 6.45) is 4.46. The van der Waals surface area contributed by atoms with Crippen LogP contribution in [-0.4, -0.2) is 38.1 Å². The summed E-state index contributed by atoms with van der Waals surface area (Å²) in [6, 6.07) is 32.0. The van der Waals surface area contributed by atoms with E-state index in [2.05, 4.69) is 97.1 Å². The van der Waals surface area contributed by atoms with Crippen molar-refractivity contribution in [1.29, 1.82) is 0 Å². The summed E-state index contributed by atoms with van der Waals surface area (Å²) in [6.45, 7) is 0.577. The van der Waals surface area contributed by atoms with Gasteiger partial charge in [0.25, 0.3) is 0 Å². The van der Waals surface area contributed by atoms with Gasteiger partial charge in [-0.2, -0.15) is 0 Å². The number of benzene rings is 6. The zero-order valence-corrected chi connectivity index (χ0v) is 24.1. The van der Waals surface area contributed by atoms with Gasteiger partial charge in [0.2, 0.25) is 0 Å². The van der Waals surface area contributed by atoms with Crippen LogP contribution in [-0.2, 0) is 5.41 Å². The summed E-state index contributed by atoms with van der Waals surface area (Å²) in [5, 5.41) is 7.74. The molecule has 2 aliphatic carbocycles. The van der Waals surface area contributed by atoms with Crippen molar-refractivity contribution in [1.82, 2.24) is 0 Å². The summed E-state index contributed by atoms with van der Waals surface area (Å²) >= 11 is 1.08. The molecule has 0 atom stereocenters. The van der Waals surface area contributed by atoms with Crippen LogP contribution in [0, 0.1) is 0 Å². The molecule has 6 aromatic carbocycles. The number of ether oxygens (including phenoxy) is 2. The zero-order valence-electron chi connectivity index (χ0n) is 20.8. The molecule has 0 aromatic heterocycles. The summed E-state index contributed by atoms with van der Waals surface area (Å²) in [4.78, 5) is 0. The van der Waals surface area contributed by atoms with E-state index in [1.807, 2.05) is 0 Å². The van der Waals surface area contributed by atoms with Crippen LogP contribution in [0.25, 0.3) is 49.5 Å². The van der Waals surface area contributed by atoms with Gasteiger partial charge in [-0.15, -0.1) is 0 Å². The van der Waals surface area contributed by atoms with Crippen molar-refractivity contribution in [2.75, 3.05) is 13.7 Å². The fourth-order valence-electron chi connectivity index (χ4n) is 7.58. The van der Waals surface area contributed by atoms with Gasteiger partial charge in [-0.25, -0.2) is 0 Å². The number of fused-ring (bicyclic) bond motifs is 12. The Balaban J connectivity index is 1.59. The van der Waals surface area contributed by atoms with Crippen LogP contribution < -0.4 is 12.8 Å². The molecular formula is C35H21InO2. The van der Waals surface area contributed by atoms with Gasteiger partial charge in [-0.05, 0) is 0 Å². The molecule has 1 aliphatic heterocycles. The van der Waals surface area contributed by atoms with Crippen molar-refractivity contribution in [2.24, 2.45) is 0 Å². The first-order valence-electron chi connectivity index (χ1n) is 13.0.